The van der Waals surface area contributed by atoms with Gasteiger partial charge in [0.2, 0.25) is 0 Å². The number of allylic oxidation sites excluding steroid dienone is 4. The van der Waals surface area contributed by atoms with E-state index in [1.165, 1.54) is 0 Å². The lowest BCUT2D eigenvalue weighted by molar-refractivity contribution is -0.147. The number of carboxylic acid groups (broad SMARTS) is 1. The van der Waals surface area contributed by atoms with E-state index in [9.17, 15) is 9.59 Å². The lowest BCUT2D eigenvalue weighted by Gasteiger charge is -2.04. The van der Waals surface area contributed by atoms with Crippen LogP contribution in [-0.4, -0.2) is 28.1 Å². The Kier molecular flexibility index (Phi) is 13.6. The third-order valence-electron chi connectivity index (χ3n) is 3.40. The average molecular weight is 310 g/mol. The molecule has 1 unspecified atom stereocenters. The largest absolute Gasteiger partial charge is 0.479 e. The molecular weight excluding hydrogens is 280 g/mol. The molecule has 126 valence electrons. The number of hydrogen-bond donors (Lipinski definition) is 2. The minimum atomic E-state index is -1.24. The second-order valence-corrected chi connectivity index (χ2v) is 5.49. The number of aliphatic carboxylic acids is 1. The van der Waals surface area contributed by atoms with Gasteiger partial charge in [-0.15, -0.1) is 0 Å². The van der Waals surface area contributed by atoms with Gasteiger partial charge in [0.1, 0.15) is 5.78 Å². The van der Waals surface area contributed by atoms with Gasteiger partial charge in [-0.2, -0.15) is 0 Å². The van der Waals surface area contributed by atoms with Crippen LogP contribution in [0.1, 0.15) is 71.1 Å². The van der Waals surface area contributed by atoms with E-state index in [1.54, 1.807) is 0 Å². The van der Waals surface area contributed by atoms with Gasteiger partial charge in [0.05, 0.1) is 0 Å². The number of unbranched alkanes of at least 4 members (excludes halogenated alkanes) is 4. The number of carboxylic acids is 1. The molecule has 4 heteroatoms. The van der Waals surface area contributed by atoms with Crippen molar-refractivity contribution in [2.45, 2.75) is 77.2 Å². The predicted molar refractivity (Wildman–Crippen MR) is 88.8 cm³/mol. The van der Waals surface area contributed by atoms with Crippen LogP contribution in [0, 0.1) is 0 Å². The maximum absolute atomic E-state index is 11.6. The number of hydrogen-bond acceptors (Lipinski definition) is 3. The van der Waals surface area contributed by atoms with Crippen LogP contribution < -0.4 is 0 Å². The molecule has 0 aromatic carbocycles. The van der Waals surface area contributed by atoms with E-state index in [0.717, 1.165) is 44.9 Å². The summed E-state index contributed by atoms with van der Waals surface area (Å²) in [7, 11) is 0. The fraction of sp³-hybridized carbons (Fsp3) is 0.667. The first-order valence-electron chi connectivity index (χ1n) is 8.30. The molecule has 0 heterocycles. The van der Waals surface area contributed by atoms with Gasteiger partial charge in [-0.1, -0.05) is 56.9 Å². The highest BCUT2D eigenvalue weighted by Crippen LogP contribution is 2.10. The Labute approximate surface area is 133 Å². The van der Waals surface area contributed by atoms with Gasteiger partial charge < -0.3 is 10.2 Å². The van der Waals surface area contributed by atoms with E-state index in [-0.39, 0.29) is 5.78 Å². The highest BCUT2D eigenvalue weighted by Gasteiger charge is 2.11. The zero-order valence-electron chi connectivity index (χ0n) is 13.7. The Morgan fingerprint density at radius 1 is 0.955 bits per heavy atom. The minimum Gasteiger partial charge on any atom is -0.479 e. The molecule has 22 heavy (non-hydrogen) atoms. The van der Waals surface area contributed by atoms with Crippen molar-refractivity contribution >= 4 is 11.8 Å². The van der Waals surface area contributed by atoms with Gasteiger partial charge in [0.25, 0.3) is 0 Å². The zero-order chi connectivity index (χ0) is 16.6. The van der Waals surface area contributed by atoms with Gasteiger partial charge in [-0.05, 0) is 25.7 Å². The van der Waals surface area contributed by atoms with E-state index in [0.29, 0.717) is 19.3 Å². The molecule has 0 saturated heterocycles. The molecule has 0 radical (unpaired) electrons. The number of aliphatic hydroxyl groups is 1. The van der Waals surface area contributed by atoms with Gasteiger partial charge in [-0.25, -0.2) is 4.79 Å². The molecule has 0 rings (SSSR count). The third kappa shape index (κ3) is 13.6. The first kappa shape index (κ1) is 20.6. The van der Waals surface area contributed by atoms with Crippen LogP contribution >= 0.6 is 0 Å². The molecule has 0 saturated carbocycles. The summed E-state index contributed by atoms with van der Waals surface area (Å²) in [6.45, 7) is 2.10. The molecule has 0 aliphatic heterocycles. The standard InChI is InChI=1S/C18H30O4/c1-2-3-4-5-7-10-13-16(19)14-11-8-6-9-12-15-17(20)18(21)22/h3-4,7,10,17,20H,2,5-6,8-9,11-15H2,1H3,(H,21,22)/b4-3-,10-7-. The Hall–Kier alpha value is -1.42. The Morgan fingerprint density at radius 3 is 2.27 bits per heavy atom. The second-order valence-electron chi connectivity index (χ2n) is 5.49. The zero-order valence-corrected chi connectivity index (χ0v) is 13.7. The summed E-state index contributed by atoms with van der Waals surface area (Å²) in [5.41, 5.74) is 0. The molecule has 0 aromatic rings. The summed E-state index contributed by atoms with van der Waals surface area (Å²) in [5, 5.41) is 17.6. The van der Waals surface area contributed by atoms with E-state index in [4.69, 9.17) is 10.2 Å². The molecule has 2 N–H and O–H groups in total. The molecule has 0 aromatic heterocycles. The van der Waals surface area contributed by atoms with Crippen molar-refractivity contribution in [3.63, 3.8) is 0 Å². The van der Waals surface area contributed by atoms with Crippen molar-refractivity contribution in [2.75, 3.05) is 0 Å². The van der Waals surface area contributed by atoms with Gasteiger partial charge >= 0.3 is 5.97 Å². The lowest BCUT2D eigenvalue weighted by atomic mass is 10.0. The summed E-state index contributed by atoms with van der Waals surface area (Å²) in [4.78, 5) is 22.0. The second kappa shape index (κ2) is 14.5. The SMILES string of the molecule is CC/C=C\C/C=C\CC(=O)CCCCCCCC(O)C(=O)O. The highest BCUT2D eigenvalue weighted by atomic mass is 16.4. The van der Waals surface area contributed by atoms with Gasteiger partial charge in [0.15, 0.2) is 6.10 Å². The van der Waals surface area contributed by atoms with Crippen molar-refractivity contribution in [1.82, 2.24) is 0 Å². The number of carbonyl (C=O) groups is 2. The maximum atomic E-state index is 11.6. The molecule has 0 fully saturated rings. The molecule has 0 aliphatic carbocycles. The van der Waals surface area contributed by atoms with Crippen LogP contribution in [0.5, 0.6) is 0 Å². The summed E-state index contributed by atoms with van der Waals surface area (Å²) in [5.74, 6) is -0.874. The van der Waals surface area contributed by atoms with Crippen molar-refractivity contribution in [3.05, 3.63) is 24.3 Å². The maximum Gasteiger partial charge on any atom is 0.332 e. The van der Waals surface area contributed by atoms with Crippen molar-refractivity contribution < 1.29 is 19.8 Å². The number of aliphatic hydroxyl groups excluding tert-OH is 1. The molecular formula is C18H30O4. The molecule has 4 nitrogen and oxygen atoms in total. The Morgan fingerprint density at radius 2 is 1.59 bits per heavy atom. The van der Waals surface area contributed by atoms with E-state index < -0.39 is 12.1 Å². The van der Waals surface area contributed by atoms with Crippen LogP contribution in [0.3, 0.4) is 0 Å². The monoisotopic (exact) mass is 310 g/mol. The number of Topliss-reactive ketones (excluding diaryl/α,β-unsaturated/α-hetero) is 1. The first-order valence-corrected chi connectivity index (χ1v) is 8.30. The van der Waals surface area contributed by atoms with E-state index >= 15 is 0 Å². The van der Waals surface area contributed by atoms with Crippen LogP contribution in [0.15, 0.2) is 24.3 Å². The van der Waals surface area contributed by atoms with Gasteiger partial charge in [-0.3, -0.25) is 4.79 Å². The fourth-order valence-electron chi connectivity index (χ4n) is 2.07. The summed E-state index contributed by atoms with van der Waals surface area (Å²) in [6.07, 6.45) is 14.8. The first-order chi connectivity index (χ1) is 10.6. The summed E-state index contributed by atoms with van der Waals surface area (Å²) >= 11 is 0. The molecule has 1 atom stereocenters. The van der Waals surface area contributed by atoms with Crippen molar-refractivity contribution in [1.29, 1.82) is 0 Å². The lowest BCUT2D eigenvalue weighted by Crippen LogP contribution is -2.18. The summed E-state index contributed by atoms with van der Waals surface area (Å²) in [6, 6.07) is 0. The third-order valence-corrected chi connectivity index (χ3v) is 3.40. The molecule has 0 bridgehead atoms. The van der Waals surface area contributed by atoms with Crippen LogP contribution in [0.4, 0.5) is 0 Å². The quantitative estimate of drug-likeness (QED) is 0.375. The number of rotatable bonds is 14. The molecule has 0 amide bonds. The van der Waals surface area contributed by atoms with Crippen LogP contribution in [-0.2, 0) is 9.59 Å². The smallest absolute Gasteiger partial charge is 0.332 e. The Balaban J connectivity index is 3.42. The van der Waals surface area contributed by atoms with E-state index in [1.807, 2.05) is 12.2 Å². The molecule has 0 spiro atoms. The normalized spacial score (nSPS) is 13.0. The van der Waals surface area contributed by atoms with Crippen molar-refractivity contribution in [3.8, 4) is 0 Å². The van der Waals surface area contributed by atoms with E-state index in [2.05, 4.69) is 19.1 Å². The molecule has 0 aliphatic rings. The number of ketones is 1. The van der Waals surface area contributed by atoms with Crippen LogP contribution in [0.2, 0.25) is 0 Å². The predicted octanol–water partition coefficient (Wildman–Crippen LogP) is 4.03. The average Bonchev–Trinajstić information content (AvgIpc) is 2.49. The number of carbonyl (C=O) groups excluding carboxylic acids is 1. The van der Waals surface area contributed by atoms with Crippen LogP contribution in [0.25, 0.3) is 0 Å². The van der Waals surface area contributed by atoms with Crippen molar-refractivity contribution in [2.24, 2.45) is 0 Å². The summed E-state index contributed by atoms with van der Waals surface area (Å²) < 4.78 is 0. The minimum absolute atomic E-state index is 0.275. The Bertz CT molecular complexity index is 358. The topological polar surface area (TPSA) is 74.6 Å². The fourth-order valence-corrected chi connectivity index (χ4v) is 2.07. The highest BCUT2D eigenvalue weighted by molar-refractivity contribution is 5.79. The van der Waals surface area contributed by atoms with Gasteiger partial charge in [0, 0.05) is 12.8 Å².